The maximum absolute atomic E-state index is 13.5. The van der Waals surface area contributed by atoms with Gasteiger partial charge in [-0.1, -0.05) is 12.8 Å². The quantitative estimate of drug-likeness (QED) is 0.618. The highest BCUT2D eigenvalue weighted by Gasteiger charge is 2.31. The minimum absolute atomic E-state index is 0. The Morgan fingerprint density at radius 2 is 1.76 bits per heavy atom. The van der Waals surface area contributed by atoms with Crippen molar-refractivity contribution >= 4 is 23.2 Å². The lowest BCUT2D eigenvalue weighted by Gasteiger charge is -2.39. The number of anilines is 3. The van der Waals surface area contributed by atoms with Crippen LogP contribution in [0.15, 0.2) is 42.7 Å². The van der Waals surface area contributed by atoms with E-state index in [4.69, 9.17) is 0 Å². The van der Waals surface area contributed by atoms with E-state index in [1.165, 1.54) is 36.0 Å². The van der Waals surface area contributed by atoms with E-state index in [0.717, 1.165) is 48.9 Å². The zero-order valence-electron chi connectivity index (χ0n) is 18.5. The van der Waals surface area contributed by atoms with Gasteiger partial charge in [0.25, 0.3) is 0 Å². The molecule has 2 fully saturated rings. The molecule has 1 aliphatic heterocycles. The van der Waals surface area contributed by atoms with E-state index in [0.29, 0.717) is 18.5 Å². The third kappa shape index (κ3) is 4.67. The Morgan fingerprint density at radius 1 is 1.00 bits per heavy atom. The van der Waals surface area contributed by atoms with Gasteiger partial charge < -0.3 is 15.1 Å². The summed E-state index contributed by atoms with van der Waals surface area (Å²) in [6, 6.07) is 9.58. The van der Waals surface area contributed by atoms with Crippen molar-refractivity contribution in [2.45, 2.75) is 38.6 Å². The number of rotatable bonds is 5. The third-order valence-electron chi connectivity index (χ3n) is 6.31. The van der Waals surface area contributed by atoms with Gasteiger partial charge in [-0.2, -0.15) is 4.98 Å². The SMILES string of the molecule is Cc1cc(Nc2ncn(-c3cc(F)cc(F)c3)n2)cc(N2CCN(C3CCCC3)C(=O)C2)c1.[HH]. The number of piperazine rings is 1. The monoisotopic (exact) mass is 454 g/mol. The minimum Gasteiger partial charge on any atom is -0.360 e. The van der Waals surface area contributed by atoms with Crippen LogP contribution in [0.4, 0.5) is 26.1 Å². The Bertz CT molecular complexity index is 1160. The number of halogens is 2. The Balaban J connectivity index is 0.00000274. The summed E-state index contributed by atoms with van der Waals surface area (Å²) in [5, 5.41) is 7.44. The molecule has 7 nitrogen and oxygen atoms in total. The summed E-state index contributed by atoms with van der Waals surface area (Å²) in [5.41, 5.74) is 3.02. The van der Waals surface area contributed by atoms with Crippen molar-refractivity contribution in [1.29, 1.82) is 0 Å². The predicted molar refractivity (Wildman–Crippen MR) is 124 cm³/mol. The van der Waals surface area contributed by atoms with E-state index in [1.54, 1.807) is 0 Å². The zero-order valence-corrected chi connectivity index (χ0v) is 18.5. The van der Waals surface area contributed by atoms with E-state index in [9.17, 15) is 13.6 Å². The average Bonchev–Trinajstić information content (AvgIpc) is 3.45. The Hall–Kier alpha value is -3.49. The van der Waals surface area contributed by atoms with E-state index in [2.05, 4.69) is 31.3 Å². The van der Waals surface area contributed by atoms with Gasteiger partial charge in [0.15, 0.2) is 0 Å². The van der Waals surface area contributed by atoms with Crippen LogP contribution in [-0.2, 0) is 4.79 Å². The fourth-order valence-electron chi connectivity index (χ4n) is 4.77. The van der Waals surface area contributed by atoms with Crippen molar-refractivity contribution in [3.63, 3.8) is 0 Å². The Morgan fingerprint density at radius 3 is 2.48 bits per heavy atom. The summed E-state index contributed by atoms with van der Waals surface area (Å²) >= 11 is 0. The summed E-state index contributed by atoms with van der Waals surface area (Å²) < 4.78 is 28.4. The molecule has 1 amide bonds. The van der Waals surface area contributed by atoms with E-state index >= 15 is 0 Å². The van der Waals surface area contributed by atoms with Gasteiger partial charge in [-0.3, -0.25) is 4.79 Å². The van der Waals surface area contributed by atoms with Gasteiger partial charge in [-0.15, -0.1) is 5.10 Å². The molecule has 1 aromatic heterocycles. The maximum atomic E-state index is 13.5. The molecule has 2 aliphatic rings. The third-order valence-corrected chi connectivity index (χ3v) is 6.31. The molecule has 1 saturated heterocycles. The number of benzene rings is 2. The van der Waals surface area contributed by atoms with Crippen molar-refractivity contribution < 1.29 is 15.0 Å². The number of nitrogens with zero attached hydrogens (tertiary/aromatic N) is 5. The second-order valence-electron chi connectivity index (χ2n) is 8.77. The summed E-state index contributed by atoms with van der Waals surface area (Å²) in [5.74, 6) is -0.868. The Kier molecular flexibility index (Phi) is 5.70. The molecule has 33 heavy (non-hydrogen) atoms. The maximum Gasteiger partial charge on any atom is 0.246 e. The number of aryl methyl sites for hydroxylation is 1. The van der Waals surface area contributed by atoms with Crippen molar-refractivity contribution in [3.8, 4) is 5.69 Å². The molecule has 0 radical (unpaired) electrons. The fraction of sp³-hybridized carbons (Fsp3) is 0.375. The first-order valence-electron chi connectivity index (χ1n) is 11.3. The second-order valence-corrected chi connectivity index (χ2v) is 8.77. The number of amides is 1. The van der Waals surface area contributed by atoms with Crippen LogP contribution in [0.1, 0.15) is 32.7 Å². The van der Waals surface area contributed by atoms with Crippen LogP contribution in [0.25, 0.3) is 5.69 Å². The van der Waals surface area contributed by atoms with Gasteiger partial charge in [-0.05, 0) is 55.7 Å². The van der Waals surface area contributed by atoms with Crippen LogP contribution in [0, 0.1) is 18.6 Å². The lowest BCUT2D eigenvalue weighted by Crippen LogP contribution is -2.53. The second kappa shape index (κ2) is 8.80. The largest absolute Gasteiger partial charge is 0.360 e. The molecule has 5 rings (SSSR count). The molecule has 1 N–H and O–H groups in total. The molecule has 2 heterocycles. The lowest BCUT2D eigenvalue weighted by atomic mass is 10.1. The number of hydrogen-bond acceptors (Lipinski definition) is 5. The van der Waals surface area contributed by atoms with Crippen molar-refractivity contribution in [1.82, 2.24) is 19.7 Å². The van der Waals surface area contributed by atoms with Gasteiger partial charge in [0, 0.05) is 38.0 Å². The molecule has 0 bridgehead atoms. The summed E-state index contributed by atoms with van der Waals surface area (Å²) in [6.45, 7) is 3.91. The van der Waals surface area contributed by atoms with Crippen molar-refractivity contribution in [3.05, 3.63) is 59.9 Å². The van der Waals surface area contributed by atoms with Gasteiger partial charge in [0.1, 0.15) is 18.0 Å². The number of carbonyl (C=O) groups is 1. The molecular formula is C24H28F2N6O. The summed E-state index contributed by atoms with van der Waals surface area (Å²) in [7, 11) is 0. The molecule has 1 aliphatic carbocycles. The molecule has 0 unspecified atom stereocenters. The van der Waals surface area contributed by atoms with Crippen LogP contribution in [0.5, 0.6) is 0 Å². The van der Waals surface area contributed by atoms with Gasteiger partial charge in [0.05, 0.1) is 12.2 Å². The predicted octanol–water partition coefficient (Wildman–Crippen LogP) is 4.43. The smallest absolute Gasteiger partial charge is 0.246 e. The molecule has 3 aromatic rings. The molecule has 2 aromatic carbocycles. The molecule has 0 spiro atoms. The van der Waals surface area contributed by atoms with E-state index < -0.39 is 11.6 Å². The van der Waals surface area contributed by atoms with E-state index in [1.807, 2.05) is 19.1 Å². The number of hydrogen-bond donors (Lipinski definition) is 1. The number of carbonyl (C=O) groups excluding carboxylic acids is 1. The zero-order chi connectivity index (χ0) is 22.9. The van der Waals surface area contributed by atoms with E-state index in [-0.39, 0.29) is 13.0 Å². The van der Waals surface area contributed by atoms with Gasteiger partial charge in [0.2, 0.25) is 11.9 Å². The van der Waals surface area contributed by atoms with Crippen LogP contribution in [-0.4, -0.2) is 51.2 Å². The number of nitrogens with one attached hydrogen (secondary N) is 1. The first-order chi connectivity index (χ1) is 15.9. The molecule has 174 valence electrons. The van der Waals surface area contributed by atoms with Gasteiger partial charge >= 0.3 is 0 Å². The fourth-order valence-corrected chi connectivity index (χ4v) is 4.77. The number of aromatic nitrogens is 3. The highest BCUT2D eigenvalue weighted by atomic mass is 19.1. The van der Waals surface area contributed by atoms with Crippen LogP contribution in [0.2, 0.25) is 0 Å². The molecule has 1 saturated carbocycles. The van der Waals surface area contributed by atoms with Crippen molar-refractivity contribution in [2.24, 2.45) is 0 Å². The van der Waals surface area contributed by atoms with Crippen LogP contribution in [0.3, 0.4) is 0 Å². The topological polar surface area (TPSA) is 66.3 Å². The first kappa shape index (κ1) is 21.4. The molecular weight excluding hydrogens is 426 g/mol. The Labute approximate surface area is 192 Å². The normalized spacial score (nSPS) is 17.1. The standard InChI is InChI=1S/C24H26F2N6O.H2/c1-16-8-19(28-24-27-15-32(29-24)22-11-17(25)10-18(26)12-22)13-21(9-16)30-6-7-31(23(33)14-30)20-4-2-3-5-20;/h8-13,15,20H,2-7,14H2,1H3,(H,28,29);1H. The van der Waals surface area contributed by atoms with Crippen LogP contribution < -0.4 is 10.2 Å². The minimum atomic E-state index is -0.680. The lowest BCUT2D eigenvalue weighted by molar-refractivity contribution is -0.133. The summed E-state index contributed by atoms with van der Waals surface area (Å²) in [6.07, 6.45) is 6.05. The average molecular weight is 455 g/mol. The highest BCUT2D eigenvalue weighted by Crippen LogP contribution is 2.28. The van der Waals surface area contributed by atoms with Crippen molar-refractivity contribution in [2.75, 3.05) is 29.9 Å². The first-order valence-corrected chi connectivity index (χ1v) is 11.3. The summed E-state index contributed by atoms with van der Waals surface area (Å²) in [4.78, 5) is 21.2. The highest BCUT2D eigenvalue weighted by molar-refractivity contribution is 5.83. The molecule has 0 atom stereocenters. The van der Waals surface area contributed by atoms with Gasteiger partial charge in [-0.25, -0.2) is 13.5 Å². The molecule has 9 heteroatoms. The van der Waals surface area contributed by atoms with Crippen LogP contribution >= 0.6 is 0 Å².